The Kier molecular flexibility index (Phi) is 5.96. The van der Waals surface area contributed by atoms with E-state index < -0.39 is 0 Å². The van der Waals surface area contributed by atoms with Gasteiger partial charge in [-0.05, 0) is 54.2 Å². The van der Waals surface area contributed by atoms with Crippen LogP contribution in [0.1, 0.15) is 45.6 Å². The first-order valence-corrected chi connectivity index (χ1v) is 7.28. The fourth-order valence-corrected chi connectivity index (χ4v) is 2.01. The van der Waals surface area contributed by atoms with Crippen molar-refractivity contribution >= 4 is 21.7 Å². The summed E-state index contributed by atoms with van der Waals surface area (Å²) in [6, 6.07) is 2.72. The Morgan fingerprint density at radius 1 is 1.41 bits per heavy atom. The van der Waals surface area contributed by atoms with Crippen molar-refractivity contribution in [3.8, 4) is 0 Å². The second kappa shape index (κ2) is 7.00. The molecule has 0 aromatic carbocycles. The van der Waals surface area contributed by atoms with Crippen LogP contribution in [0, 0.1) is 6.92 Å². The van der Waals surface area contributed by atoms with Crippen LogP contribution < -0.4 is 4.90 Å². The van der Waals surface area contributed by atoms with E-state index in [1.165, 1.54) is 18.4 Å². The summed E-state index contributed by atoms with van der Waals surface area (Å²) in [5.74, 6) is 1.11. The van der Waals surface area contributed by atoms with Crippen LogP contribution in [-0.4, -0.2) is 17.6 Å². The van der Waals surface area contributed by atoms with Gasteiger partial charge in [0.05, 0.1) is 0 Å². The molecule has 17 heavy (non-hydrogen) atoms. The minimum absolute atomic E-state index is 0.551. The first-order chi connectivity index (χ1) is 8.10. The van der Waals surface area contributed by atoms with Gasteiger partial charge in [0.25, 0.3) is 0 Å². The van der Waals surface area contributed by atoms with Crippen LogP contribution in [0.5, 0.6) is 0 Å². The molecule has 3 heteroatoms. The van der Waals surface area contributed by atoms with Gasteiger partial charge >= 0.3 is 0 Å². The fourth-order valence-electron chi connectivity index (χ4n) is 1.79. The molecule has 2 nitrogen and oxygen atoms in total. The predicted octanol–water partition coefficient (Wildman–Crippen LogP) is 4.56. The number of nitrogens with zero attached hydrogens (tertiary/aromatic N) is 2. The van der Waals surface area contributed by atoms with Crippen molar-refractivity contribution in [2.45, 2.75) is 53.0 Å². The summed E-state index contributed by atoms with van der Waals surface area (Å²) in [4.78, 5) is 6.96. The van der Waals surface area contributed by atoms with E-state index in [1.807, 2.05) is 6.20 Å². The van der Waals surface area contributed by atoms with Crippen molar-refractivity contribution in [2.75, 3.05) is 11.4 Å². The SMILES string of the molecule is CCCCN(c1cc(C)c(Br)cn1)C(C)CC. The van der Waals surface area contributed by atoms with E-state index in [4.69, 9.17) is 0 Å². The molecule has 1 aromatic rings. The number of halogens is 1. The highest BCUT2D eigenvalue weighted by atomic mass is 79.9. The molecule has 0 aliphatic heterocycles. The second-order valence-electron chi connectivity index (χ2n) is 4.60. The fraction of sp³-hybridized carbons (Fsp3) is 0.643. The van der Waals surface area contributed by atoms with Gasteiger partial charge in [-0.2, -0.15) is 0 Å². The quantitative estimate of drug-likeness (QED) is 0.765. The van der Waals surface area contributed by atoms with Gasteiger partial charge in [0.15, 0.2) is 0 Å². The third-order valence-corrected chi connectivity index (χ3v) is 4.03. The largest absolute Gasteiger partial charge is 0.354 e. The molecule has 0 bridgehead atoms. The van der Waals surface area contributed by atoms with Crippen molar-refractivity contribution in [1.29, 1.82) is 0 Å². The first kappa shape index (κ1) is 14.5. The molecule has 0 saturated carbocycles. The minimum Gasteiger partial charge on any atom is -0.354 e. The molecule has 0 aliphatic rings. The maximum absolute atomic E-state index is 4.54. The van der Waals surface area contributed by atoms with E-state index in [9.17, 15) is 0 Å². The molecule has 0 N–H and O–H groups in total. The zero-order valence-electron chi connectivity index (χ0n) is 11.3. The molecular formula is C14H23BrN2. The van der Waals surface area contributed by atoms with E-state index in [-0.39, 0.29) is 0 Å². The Balaban J connectivity index is 2.91. The smallest absolute Gasteiger partial charge is 0.129 e. The Labute approximate surface area is 114 Å². The monoisotopic (exact) mass is 298 g/mol. The van der Waals surface area contributed by atoms with E-state index >= 15 is 0 Å². The van der Waals surface area contributed by atoms with Crippen molar-refractivity contribution in [2.24, 2.45) is 0 Å². The number of anilines is 1. The van der Waals surface area contributed by atoms with Crippen LogP contribution in [0.25, 0.3) is 0 Å². The van der Waals surface area contributed by atoms with E-state index in [0.29, 0.717) is 6.04 Å². The van der Waals surface area contributed by atoms with Gasteiger partial charge in [0.2, 0.25) is 0 Å². The van der Waals surface area contributed by atoms with E-state index in [1.54, 1.807) is 0 Å². The van der Waals surface area contributed by atoms with Crippen LogP contribution in [-0.2, 0) is 0 Å². The predicted molar refractivity (Wildman–Crippen MR) is 78.7 cm³/mol. The van der Waals surface area contributed by atoms with Crippen LogP contribution in [0.15, 0.2) is 16.7 Å². The third-order valence-electron chi connectivity index (χ3n) is 3.20. The lowest BCUT2D eigenvalue weighted by molar-refractivity contribution is 0.589. The van der Waals surface area contributed by atoms with Gasteiger partial charge in [0, 0.05) is 23.3 Å². The lowest BCUT2D eigenvalue weighted by Crippen LogP contribution is -2.34. The molecule has 1 rings (SSSR count). The average Bonchev–Trinajstić information content (AvgIpc) is 2.33. The molecular weight excluding hydrogens is 276 g/mol. The molecule has 0 spiro atoms. The lowest BCUT2D eigenvalue weighted by atomic mass is 10.2. The molecule has 0 amide bonds. The second-order valence-corrected chi connectivity index (χ2v) is 5.45. The highest BCUT2D eigenvalue weighted by Gasteiger charge is 2.14. The number of hydrogen-bond acceptors (Lipinski definition) is 2. The third kappa shape index (κ3) is 3.98. The zero-order valence-corrected chi connectivity index (χ0v) is 12.9. The maximum Gasteiger partial charge on any atom is 0.129 e. The summed E-state index contributed by atoms with van der Waals surface area (Å²) < 4.78 is 1.08. The van der Waals surface area contributed by atoms with Crippen LogP contribution >= 0.6 is 15.9 Å². The Morgan fingerprint density at radius 3 is 2.65 bits per heavy atom. The molecule has 0 aliphatic carbocycles. The van der Waals surface area contributed by atoms with Gasteiger partial charge in [-0.3, -0.25) is 0 Å². The van der Waals surface area contributed by atoms with Crippen molar-refractivity contribution in [3.63, 3.8) is 0 Å². The molecule has 0 fully saturated rings. The van der Waals surface area contributed by atoms with Gasteiger partial charge < -0.3 is 4.90 Å². The highest BCUT2D eigenvalue weighted by molar-refractivity contribution is 9.10. The lowest BCUT2D eigenvalue weighted by Gasteiger charge is -2.30. The van der Waals surface area contributed by atoms with Gasteiger partial charge in [-0.15, -0.1) is 0 Å². The Morgan fingerprint density at radius 2 is 2.12 bits per heavy atom. The van der Waals surface area contributed by atoms with Gasteiger partial charge in [-0.25, -0.2) is 4.98 Å². The summed E-state index contributed by atoms with van der Waals surface area (Å²) in [6.45, 7) is 9.95. The van der Waals surface area contributed by atoms with Crippen molar-refractivity contribution < 1.29 is 0 Å². The number of aromatic nitrogens is 1. The van der Waals surface area contributed by atoms with E-state index in [0.717, 1.165) is 23.3 Å². The normalized spacial score (nSPS) is 12.5. The van der Waals surface area contributed by atoms with Crippen molar-refractivity contribution in [1.82, 2.24) is 4.98 Å². The molecule has 1 heterocycles. The zero-order chi connectivity index (χ0) is 12.8. The Bertz CT molecular complexity index is 352. The first-order valence-electron chi connectivity index (χ1n) is 6.48. The summed E-state index contributed by atoms with van der Waals surface area (Å²) in [6.07, 6.45) is 5.51. The van der Waals surface area contributed by atoms with Gasteiger partial charge in [0.1, 0.15) is 5.82 Å². The van der Waals surface area contributed by atoms with Crippen LogP contribution in [0.3, 0.4) is 0 Å². The standard InChI is InChI=1S/C14H23BrN2/c1-5-7-8-17(12(4)6-2)14-9-11(3)13(15)10-16-14/h9-10,12H,5-8H2,1-4H3. The summed E-state index contributed by atoms with van der Waals surface area (Å²) in [7, 11) is 0. The number of rotatable bonds is 6. The molecule has 1 aromatic heterocycles. The Hall–Kier alpha value is -0.570. The highest BCUT2D eigenvalue weighted by Crippen LogP contribution is 2.22. The molecule has 0 saturated heterocycles. The van der Waals surface area contributed by atoms with Crippen LogP contribution in [0.2, 0.25) is 0 Å². The molecule has 1 atom stereocenters. The molecule has 0 radical (unpaired) electrons. The average molecular weight is 299 g/mol. The van der Waals surface area contributed by atoms with Gasteiger partial charge in [-0.1, -0.05) is 20.3 Å². The van der Waals surface area contributed by atoms with E-state index in [2.05, 4.69) is 59.6 Å². The number of hydrogen-bond donors (Lipinski definition) is 0. The summed E-state index contributed by atoms with van der Waals surface area (Å²) in [5, 5.41) is 0. The number of unbranched alkanes of at least 4 members (excludes halogenated alkanes) is 1. The number of pyridine rings is 1. The summed E-state index contributed by atoms with van der Waals surface area (Å²) in [5.41, 5.74) is 1.25. The molecule has 96 valence electrons. The van der Waals surface area contributed by atoms with Crippen LogP contribution in [0.4, 0.5) is 5.82 Å². The topological polar surface area (TPSA) is 16.1 Å². The van der Waals surface area contributed by atoms with Crippen molar-refractivity contribution in [3.05, 3.63) is 22.3 Å². The molecule has 1 unspecified atom stereocenters. The number of aryl methyl sites for hydroxylation is 1. The maximum atomic E-state index is 4.54. The minimum atomic E-state index is 0.551. The summed E-state index contributed by atoms with van der Waals surface area (Å²) >= 11 is 3.50.